The van der Waals surface area contributed by atoms with E-state index < -0.39 is 0 Å². The largest absolute Gasteiger partial charge is 0.103 e. The van der Waals surface area contributed by atoms with Crippen molar-refractivity contribution in [2.75, 3.05) is 0 Å². The van der Waals surface area contributed by atoms with Gasteiger partial charge in [0.15, 0.2) is 0 Å². The molecule has 0 bridgehead atoms. The number of rotatable bonds is 5. The highest BCUT2D eigenvalue weighted by atomic mass is 14.2. The first-order valence-corrected chi connectivity index (χ1v) is 5.44. The maximum Gasteiger partial charge on any atom is -0.0142 e. The van der Waals surface area contributed by atoms with Crippen molar-refractivity contribution in [2.24, 2.45) is 11.8 Å². The molecule has 0 saturated carbocycles. The quantitative estimate of drug-likeness (QED) is 0.551. The van der Waals surface area contributed by atoms with Crippen LogP contribution in [0.15, 0.2) is 36.0 Å². The van der Waals surface area contributed by atoms with Crippen LogP contribution in [0.4, 0.5) is 0 Å². The molecule has 0 aromatic carbocycles. The topological polar surface area (TPSA) is 0 Å². The lowest BCUT2D eigenvalue weighted by Crippen LogP contribution is -2.08. The third kappa shape index (κ3) is 3.95. The summed E-state index contributed by atoms with van der Waals surface area (Å²) in [5, 5.41) is 0. The van der Waals surface area contributed by atoms with E-state index in [4.69, 9.17) is 0 Å². The van der Waals surface area contributed by atoms with E-state index in [1.54, 1.807) is 0 Å². The molecule has 2 unspecified atom stereocenters. The van der Waals surface area contributed by atoms with E-state index in [1.807, 2.05) is 6.08 Å². The van der Waals surface area contributed by atoms with Crippen molar-refractivity contribution in [3.63, 3.8) is 0 Å². The van der Waals surface area contributed by atoms with Gasteiger partial charge in [-0.3, -0.25) is 0 Å². The van der Waals surface area contributed by atoms with Crippen LogP contribution >= 0.6 is 0 Å². The van der Waals surface area contributed by atoms with Gasteiger partial charge in [0.05, 0.1) is 0 Å². The standard InChI is InChI=1S/C14H24/c1-7-9-11(3)13(5)14(6)12(4)10-8-2/h7-8,10,12,14H,1,9H2,2-6H3/b10-8?,13-11+. The normalized spacial score (nSPS) is 17.8. The number of hydrogen-bond donors (Lipinski definition) is 0. The van der Waals surface area contributed by atoms with Gasteiger partial charge in [0.1, 0.15) is 0 Å². The SMILES string of the molecule is C=CC/C(C)=C(\C)C(C)C(C)C=CC. The summed E-state index contributed by atoms with van der Waals surface area (Å²) in [6, 6.07) is 0. The Morgan fingerprint density at radius 3 is 2.29 bits per heavy atom. The first-order chi connectivity index (χ1) is 6.54. The Kier molecular flexibility index (Phi) is 6.27. The van der Waals surface area contributed by atoms with E-state index in [2.05, 4.69) is 53.3 Å². The zero-order valence-corrected chi connectivity index (χ0v) is 10.3. The third-order valence-corrected chi connectivity index (χ3v) is 3.09. The highest BCUT2D eigenvalue weighted by Crippen LogP contribution is 2.24. The zero-order chi connectivity index (χ0) is 11.1. The molecule has 0 radical (unpaired) electrons. The number of hydrogen-bond acceptors (Lipinski definition) is 0. The molecule has 2 atom stereocenters. The van der Waals surface area contributed by atoms with Crippen molar-refractivity contribution in [3.8, 4) is 0 Å². The maximum absolute atomic E-state index is 3.78. The fourth-order valence-corrected chi connectivity index (χ4v) is 1.63. The summed E-state index contributed by atoms with van der Waals surface area (Å²) in [4.78, 5) is 0. The molecule has 0 aromatic heterocycles. The van der Waals surface area contributed by atoms with Crippen LogP contribution in [-0.2, 0) is 0 Å². The summed E-state index contributed by atoms with van der Waals surface area (Å²) in [5.41, 5.74) is 2.97. The fourth-order valence-electron chi connectivity index (χ4n) is 1.63. The summed E-state index contributed by atoms with van der Waals surface area (Å²) in [6.07, 6.45) is 7.40. The summed E-state index contributed by atoms with van der Waals surface area (Å²) >= 11 is 0. The Hall–Kier alpha value is -0.780. The van der Waals surface area contributed by atoms with Crippen molar-refractivity contribution in [3.05, 3.63) is 36.0 Å². The Balaban J connectivity index is 4.58. The van der Waals surface area contributed by atoms with Crippen molar-refractivity contribution < 1.29 is 0 Å². The van der Waals surface area contributed by atoms with E-state index in [0.717, 1.165) is 6.42 Å². The van der Waals surface area contributed by atoms with Crippen LogP contribution < -0.4 is 0 Å². The van der Waals surface area contributed by atoms with Gasteiger partial charge in [-0.15, -0.1) is 6.58 Å². The van der Waals surface area contributed by atoms with Gasteiger partial charge >= 0.3 is 0 Å². The van der Waals surface area contributed by atoms with Gasteiger partial charge in [0, 0.05) is 0 Å². The Morgan fingerprint density at radius 1 is 1.29 bits per heavy atom. The average molecular weight is 192 g/mol. The van der Waals surface area contributed by atoms with Crippen molar-refractivity contribution >= 4 is 0 Å². The molecule has 0 aliphatic rings. The molecule has 0 fully saturated rings. The van der Waals surface area contributed by atoms with Crippen LogP contribution in [0.5, 0.6) is 0 Å². The first-order valence-electron chi connectivity index (χ1n) is 5.44. The molecule has 80 valence electrons. The van der Waals surface area contributed by atoms with E-state index in [9.17, 15) is 0 Å². The average Bonchev–Trinajstić information content (AvgIpc) is 2.16. The van der Waals surface area contributed by atoms with Gasteiger partial charge in [-0.05, 0) is 39.0 Å². The van der Waals surface area contributed by atoms with Crippen LogP contribution in [0, 0.1) is 11.8 Å². The van der Waals surface area contributed by atoms with E-state index in [0.29, 0.717) is 11.8 Å². The van der Waals surface area contributed by atoms with E-state index in [1.165, 1.54) is 11.1 Å². The predicted octanol–water partition coefficient (Wildman–Crippen LogP) is 4.75. The molecule has 0 aromatic rings. The Bertz CT molecular complexity index is 230. The fraction of sp³-hybridized carbons (Fsp3) is 0.571. The van der Waals surface area contributed by atoms with Crippen LogP contribution in [0.3, 0.4) is 0 Å². The minimum atomic E-state index is 0.625. The highest BCUT2D eigenvalue weighted by molar-refractivity contribution is 5.16. The molecular formula is C14H24. The second-order valence-electron chi connectivity index (χ2n) is 4.13. The molecule has 0 heterocycles. The summed E-state index contributed by atoms with van der Waals surface area (Å²) in [7, 11) is 0. The zero-order valence-electron chi connectivity index (χ0n) is 10.3. The van der Waals surface area contributed by atoms with Crippen molar-refractivity contribution in [2.45, 2.75) is 41.0 Å². The van der Waals surface area contributed by atoms with Crippen LogP contribution in [0.1, 0.15) is 41.0 Å². The Morgan fingerprint density at radius 2 is 1.86 bits per heavy atom. The molecule has 0 saturated heterocycles. The van der Waals surface area contributed by atoms with Crippen LogP contribution in [0.2, 0.25) is 0 Å². The molecule has 0 spiro atoms. The smallest absolute Gasteiger partial charge is 0.0142 e. The second kappa shape index (κ2) is 6.64. The van der Waals surface area contributed by atoms with Gasteiger partial charge in [-0.25, -0.2) is 0 Å². The number of allylic oxidation sites excluding steroid dienone is 5. The first kappa shape index (κ1) is 13.2. The van der Waals surface area contributed by atoms with Gasteiger partial charge in [0.25, 0.3) is 0 Å². The van der Waals surface area contributed by atoms with E-state index >= 15 is 0 Å². The van der Waals surface area contributed by atoms with E-state index in [-0.39, 0.29) is 0 Å². The molecule has 0 heteroatoms. The van der Waals surface area contributed by atoms with Gasteiger partial charge in [0.2, 0.25) is 0 Å². The molecule has 0 amide bonds. The lowest BCUT2D eigenvalue weighted by atomic mass is 9.86. The maximum atomic E-state index is 3.78. The predicted molar refractivity (Wildman–Crippen MR) is 66.3 cm³/mol. The lowest BCUT2D eigenvalue weighted by Gasteiger charge is -2.19. The van der Waals surface area contributed by atoms with Crippen molar-refractivity contribution in [1.82, 2.24) is 0 Å². The minimum Gasteiger partial charge on any atom is -0.103 e. The summed E-state index contributed by atoms with van der Waals surface area (Å²) in [6.45, 7) is 14.9. The summed E-state index contributed by atoms with van der Waals surface area (Å²) in [5.74, 6) is 1.26. The van der Waals surface area contributed by atoms with Gasteiger partial charge in [-0.2, -0.15) is 0 Å². The molecule has 0 nitrogen and oxygen atoms in total. The second-order valence-corrected chi connectivity index (χ2v) is 4.13. The minimum absolute atomic E-state index is 0.625. The molecule has 14 heavy (non-hydrogen) atoms. The highest BCUT2D eigenvalue weighted by Gasteiger charge is 2.12. The van der Waals surface area contributed by atoms with Crippen LogP contribution in [-0.4, -0.2) is 0 Å². The molecule has 0 N–H and O–H groups in total. The Labute approximate surface area is 89.4 Å². The molecular weight excluding hydrogens is 168 g/mol. The summed E-state index contributed by atoms with van der Waals surface area (Å²) < 4.78 is 0. The monoisotopic (exact) mass is 192 g/mol. The molecule has 0 aliphatic heterocycles. The third-order valence-electron chi connectivity index (χ3n) is 3.09. The van der Waals surface area contributed by atoms with Crippen molar-refractivity contribution in [1.29, 1.82) is 0 Å². The van der Waals surface area contributed by atoms with Gasteiger partial charge < -0.3 is 0 Å². The molecule has 0 aliphatic carbocycles. The van der Waals surface area contributed by atoms with Gasteiger partial charge in [-0.1, -0.05) is 43.2 Å². The van der Waals surface area contributed by atoms with Crippen LogP contribution in [0.25, 0.3) is 0 Å². The molecule has 0 rings (SSSR count). The lowest BCUT2D eigenvalue weighted by molar-refractivity contribution is 0.523.